The number of anilines is 1. The van der Waals surface area contributed by atoms with Gasteiger partial charge in [0.1, 0.15) is 5.82 Å². The normalized spacial score (nSPS) is 12.1. The molecule has 118 valence electrons. The molecule has 0 aliphatic rings. The zero-order chi connectivity index (χ0) is 16.2. The third-order valence-corrected chi connectivity index (χ3v) is 3.62. The minimum atomic E-state index is -0.736. The maximum absolute atomic E-state index is 10.2. The van der Waals surface area contributed by atoms with Crippen LogP contribution in [0, 0.1) is 6.92 Å². The monoisotopic (exact) mass is 330 g/mol. The Labute approximate surface area is 138 Å². The van der Waals surface area contributed by atoms with Gasteiger partial charge in [0.15, 0.2) is 5.82 Å². The Kier molecular flexibility index (Phi) is 4.55. The quantitative estimate of drug-likeness (QED) is 0.747. The van der Waals surface area contributed by atoms with Crippen LogP contribution in [0.3, 0.4) is 0 Å². The molecule has 1 unspecified atom stereocenters. The summed E-state index contributed by atoms with van der Waals surface area (Å²) in [5, 5.41) is 17.6. The number of nitrogens with one attached hydrogen (secondary N) is 1. The van der Waals surface area contributed by atoms with Gasteiger partial charge < -0.3 is 14.9 Å². The number of hydrogen-bond acceptors (Lipinski definition) is 6. The molecule has 0 bridgehead atoms. The van der Waals surface area contributed by atoms with E-state index in [2.05, 4.69) is 20.4 Å². The molecule has 0 spiro atoms. The van der Waals surface area contributed by atoms with Gasteiger partial charge in [-0.2, -0.15) is 4.98 Å². The van der Waals surface area contributed by atoms with E-state index in [0.717, 1.165) is 5.56 Å². The summed E-state index contributed by atoms with van der Waals surface area (Å²) in [6.45, 7) is 2.04. The molecule has 0 radical (unpaired) electrons. The molecule has 0 amide bonds. The van der Waals surface area contributed by atoms with E-state index < -0.39 is 6.10 Å². The summed E-state index contributed by atoms with van der Waals surface area (Å²) in [6.07, 6.45) is 0.902. The standard InChI is InChI=1S/C16H15ClN4O2/c1-10-20-16(23-21-10)11-6-7-18-15(8-11)19-9-14(22)12-4-2-3-5-13(12)17/h2-8,14,22H,9H2,1H3,(H,18,19). The molecule has 7 heteroatoms. The lowest BCUT2D eigenvalue weighted by molar-refractivity contribution is 0.191. The van der Waals surface area contributed by atoms with Crippen LogP contribution in [0.25, 0.3) is 11.5 Å². The van der Waals surface area contributed by atoms with E-state index in [-0.39, 0.29) is 6.54 Å². The van der Waals surface area contributed by atoms with Gasteiger partial charge in [-0.05, 0) is 25.1 Å². The van der Waals surface area contributed by atoms with Crippen molar-refractivity contribution < 1.29 is 9.63 Å². The van der Waals surface area contributed by atoms with Crippen molar-refractivity contribution in [3.63, 3.8) is 0 Å². The van der Waals surface area contributed by atoms with E-state index in [1.54, 1.807) is 37.4 Å². The average molecular weight is 331 g/mol. The summed E-state index contributed by atoms with van der Waals surface area (Å²) in [5.41, 5.74) is 1.43. The zero-order valence-electron chi connectivity index (χ0n) is 12.4. The zero-order valence-corrected chi connectivity index (χ0v) is 13.2. The first kappa shape index (κ1) is 15.5. The number of aryl methyl sites for hydroxylation is 1. The van der Waals surface area contributed by atoms with Crippen molar-refractivity contribution in [3.05, 3.63) is 59.0 Å². The van der Waals surface area contributed by atoms with Crippen LogP contribution in [-0.2, 0) is 0 Å². The fourth-order valence-electron chi connectivity index (χ4n) is 2.13. The minimum absolute atomic E-state index is 0.281. The number of pyridine rings is 1. The maximum Gasteiger partial charge on any atom is 0.258 e. The van der Waals surface area contributed by atoms with Crippen molar-refractivity contribution in [1.82, 2.24) is 15.1 Å². The topological polar surface area (TPSA) is 84.1 Å². The first-order valence-corrected chi connectivity index (χ1v) is 7.44. The van der Waals surface area contributed by atoms with Crippen LogP contribution < -0.4 is 5.32 Å². The van der Waals surface area contributed by atoms with Crippen molar-refractivity contribution in [3.8, 4) is 11.5 Å². The molecule has 2 heterocycles. The largest absolute Gasteiger partial charge is 0.387 e. The van der Waals surface area contributed by atoms with Crippen LogP contribution in [0.5, 0.6) is 0 Å². The van der Waals surface area contributed by atoms with Gasteiger partial charge in [-0.1, -0.05) is 35.0 Å². The van der Waals surface area contributed by atoms with Gasteiger partial charge in [-0.25, -0.2) is 4.98 Å². The van der Waals surface area contributed by atoms with Crippen LogP contribution >= 0.6 is 11.6 Å². The van der Waals surface area contributed by atoms with Crippen molar-refractivity contribution in [1.29, 1.82) is 0 Å². The first-order valence-electron chi connectivity index (χ1n) is 7.06. The summed E-state index contributed by atoms with van der Waals surface area (Å²) in [5.74, 6) is 1.60. The van der Waals surface area contributed by atoms with E-state index in [9.17, 15) is 5.11 Å². The van der Waals surface area contributed by atoms with Crippen LogP contribution in [-0.4, -0.2) is 26.8 Å². The minimum Gasteiger partial charge on any atom is -0.387 e. The summed E-state index contributed by atoms with van der Waals surface area (Å²) in [7, 11) is 0. The molecule has 0 fully saturated rings. The number of halogens is 1. The molecule has 3 aromatic rings. The van der Waals surface area contributed by atoms with Crippen LogP contribution in [0.15, 0.2) is 47.1 Å². The molecular weight excluding hydrogens is 316 g/mol. The van der Waals surface area contributed by atoms with Crippen molar-refractivity contribution >= 4 is 17.4 Å². The van der Waals surface area contributed by atoms with Gasteiger partial charge in [0.2, 0.25) is 0 Å². The number of rotatable bonds is 5. The maximum atomic E-state index is 10.2. The van der Waals surface area contributed by atoms with Gasteiger partial charge in [-0.15, -0.1) is 0 Å². The number of aliphatic hydroxyl groups is 1. The van der Waals surface area contributed by atoms with Crippen LogP contribution in [0.2, 0.25) is 5.02 Å². The third kappa shape index (κ3) is 3.67. The highest BCUT2D eigenvalue weighted by molar-refractivity contribution is 6.31. The van der Waals surface area contributed by atoms with E-state index in [0.29, 0.717) is 28.1 Å². The average Bonchev–Trinajstić information content (AvgIpc) is 3.00. The number of aromatic nitrogens is 3. The Bertz CT molecular complexity index is 806. The Morgan fingerprint density at radius 3 is 2.87 bits per heavy atom. The molecule has 0 aliphatic heterocycles. The van der Waals surface area contributed by atoms with Gasteiger partial charge in [0, 0.05) is 28.9 Å². The van der Waals surface area contributed by atoms with Crippen LogP contribution in [0.4, 0.5) is 5.82 Å². The van der Waals surface area contributed by atoms with E-state index in [1.807, 2.05) is 12.1 Å². The molecular formula is C16H15ClN4O2. The Morgan fingerprint density at radius 1 is 1.30 bits per heavy atom. The summed E-state index contributed by atoms with van der Waals surface area (Å²) in [4.78, 5) is 8.39. The SMILES string of the molecule is Cc1noc(-c2ccnc(NCC(O)c3ccccc3Cl)c2)n1. The number of benzene rings is 1. The molecule has 3 rings (SSSR count). The molecule has 0 saturated carbocycles. The molecule has 23 heavy (non-hydrogen) atoms. The second-order valence-corrected chi connectivity index (χ2v) is 5.40. The summed E-state index contributed by atoms with van der Waals surface area (Å²) < 4.78 is 5.13. The fourth-order valence-corrected chi connectivity index (χ4v) is 2.39. The van der Waals surface area contributed by atoms with Crippen molar-refractivity contribution in [2.45, 2.75) is 13.0 Å². The van der Waals surface area contributed by atoms with E-state index in [4.69, 9.17) is 16.1 Å². The number of nitrogens with zero attached hydrogens (tertiary/aromatic N) is 3. The molecule has 0 aliphatic carbocycles. The second kappa shape index (κ2) is 6.76. The fraction of sp³-hybridized carbons (Fsp3) is 0.188. The highest BCUT2D eigenvalue weighted by Crippen LogP contribution is 2.23. The Morgan fingerprint density at radius 2 is 2.13 bits per heavy atom. The molecule has 2 N–H and O–H groups in total. The lowest BCUT2D eigenvalue weighted by Gasteiger charge is -2.14. The molecule has 6 nitrogen and oxygen atoms in total. The highest BCUT2D eigenvalue weighted by atomic mass is 35.5. The predicted octanol–water partition coefficient (Wildman–Crippen LogP) is 3.24. The summed E-state index contributed by atoms with van der Waals surface area (Å²) >= 11 is 6.08. The molecule has 1 aromatic carbocycles. The lowest BCUT2D eigenvalue weighted by Crippen LogP contribution is -2.13. The predicted molar refractivity (Wildman–Crippen MR) is 87.2 cm³/mol. The van der Waals surface area contributed by atoms with Gasteiger partial charge >= 0.3 is 0 Å². The first-order chi connectivity index (χ1) is 11.1. The molecule has 2 aromatic heterocycles. The van der Waals surface area contributed by atoms with Gasteiger partial charge in [0.25, 0.3) is 5.89 Å². The third-order valence-electron chi connectivity index (χ3n) is 3.28. The van der Waals surface area contributed by atoms with Crippen molar-refractivity contribution in [2.75, 3.05) is 11.9 Å². The molecule has 0 saturated heterocycles. The number of hydrogen-bond donors (Lipinski definition) is 2. The second-order valence-electron chi connectivity index (χ2n) is 4.99. The van der Waals surface area contributed by atoms with E-state index >= 15 is 0 Å². The highest BCUT2D eigenvalue weighted by Gasteiger charge is 2.12. The molecule has 1 atom stereocenters. The van der Waals surface area contributed by atoms with Gasteiger partial charge in [0.05, 0.1) is 6.10 Å². The van der Waals surface area contributed by atoms with Crippen molar-refractivity contribution in [2.24, 2.45) is 0 Å². The number of aliphatic hydroxyl groups excluding tert-OH is 1. The summed E-state index contributed by atoms with van der Waals surface area (Å²) in [6, 6.07) is 10.8. The smallest absolute Gasteiger partial charge is 0.258 e. The Balaban J connectivity index is 1.70. The Hall–Kier alpha value is -2.44. The van der Waals surface area contributed by atoms with E-state index in [1.165, 1.54) is 0 Å². The lowest BCUT2D eigenvalue weighted by atomic mass is 10.1. The van der Waals surface area contributed by atoms with Gasteiger partial charge in [-0.3, -0.25) is 0 Å². The van der Waals surface area contributed by atoms with Crippen LogP contribution in [0.1, 0.15) is 17.5 Å².